The lowest BCUT2D eigenvalue weighted by Crippen LogP contribution is -2.11. The molecule has 1 aromatic carbocycles. The molecule has 0 radical (unpaired) electrons. The molecule has 1 N–H and O–H groups in total. The highest BCUT2D eigenvalue weighted by molar-refractivity contribution is 5.61. The van der Waals surface area contributed by atoms with Gasteiger partial charge in [-0.3, -0.25) is 4.68 Å². The van der Waals surface area contributed by atoms with E-state index < -0.39 is 0 Å². The summed E-state index contributed by atoms with van der Waals surface area (Å²) in [5, 5.41) is 7.40. The predicted octanol–water partition coefficient (Wildman–Crippen LogP) is 2.37. The van der Waals surface area contributed by atoms with Crippen LogP contribution in [0.15, 0.2) is 36.7 Å². The van der Waals surface area contributed by atoms with Crippen LogP contribution in [0.25, 0.3) is 11.1 Å². The van der Waals surface area contributed by atoms with Gasteiger partial charge in [-0.25, -0.2) is 0 Å². The number of nitrogens with zero attached hydrogens (tertiary/aromatic N) is 2. The molecule has 0 aliphatic carbocycles. The van der Waals surface area contributed by atoms with E-state index >= 15 is 0 Å². The fraction of sp³-hybridized carbons (Fsp3) is 0.308. The second-order valence-electron chi connectivity index (χ2n) is 4.04. The summed E-state index contributed by atoms with van der Waals surface area (Å²) in [5.74, 6) is 0. The van der Waals surface area contributed by atoms with Crippen LogP contribution < -0.4 is 5.32 Å². The highest BCUT2D eigenvalue weighted by Crippen LogP contribution is 2.21. The molecule has 3 heteroatoms. The molecule has 1 heterocycles. The van der Waals surface area contributed by atoms with Gasteiger partial charge in [0.2, 0.25) is 0 Å². The summed E-state index contributed by atoms with van der Waals surface area (Å²) in [7, 11) is 3.90. The normalized spacial score (nSPS) is 12.7. The van der Waals surface area contributed by atoms with Crippen LogP contribution in [0.2, 0.25) is 0 Å². The molecule has 84 valence electrons. The number of aromatic nitrogens is 2. The van der Waals surface area contributed by atoms with Gasteiger partial charge in [0.1, 0.15) is 0 Å². The lowest BCUT2D eigenvalue weighted by molar-refractivity contribution is 0.652. The first kappa shape index (κ1) is 10.9. The fourth-order valence-electron chi connectivity index (χ4n) is 1.70. The predicted molar refractivity (Wildman–Crippen MR) is 66.1 cm³/mol. The topological polar surface area (TPSA) is 29.9 Å². The summed E-state index contributed by atoms with van der Waals surface area (Å²) in [6.07, 6.45) is 3.91. The number of benzene rings is 1. The molecule has 1 atom stereocenters. The van der Waals surface area contributed by atoms with Crippen LogP contribution >= 0.6 is 0 Å². The van der Waals surface area contributed by atoms with E-state index in [1.807, 2.05) is 31.2 Å². The Bertz CT molecular complexity index is 456. The van der Waals surface area contributed by atoms with E-state index in [0.29, 0.717) is 6.04 Å². The van der Waals surface area contributed by atoms with Crippen LogP contribution in [-0.2, 0) is 7.05 Å². The molecule has 3 nitrogen and oxygen atoms in total. The minimum atomic E-state index is 0.392. The Kier molecular flexibility index (Phi) is 3.06. The summed E-state index contributed by atoms with van der Waals surface area (Å²) >= 11 is 0. The average molecular weight is 215 g/mol. The third-order valence-corrected chi connectivity index (χ3v) is 2.88. The van der Waals surface area contributed by atoms with Crippen LogP contribution in [0.1, 0.15) is 18.5 Å². The zero-order valence-electron chi connectivity index (χ0n) is 9.94. The number of hydrogen-bond acceptors (Lipinski definition) is 2. The Balaban J connectivity index is 2.25. The maximum atomic E-state index is 4.17. The van der Waals surface area contributed by atoms with Crippen molar-refractivity contribution < 1.29 is 0 Å². The van der Waals surface area contributed by atoms with Crippen molar-refractivity contribution in [3.63, 3.8) is 0 Å². The zero-order chi connectivity index (χ0) is 11.5. The van der Waals surface area contributed by atoms with Gasteiger partial charge in [0.25, 0.3) is 0 Å². The van der Waals surface area contributed by atoms with Crippen molar-refractivity contribution in [2.24, 2.45) is 7.05 Å². The number of hydrogen-bond donors (Lipinski definition) is 1. The molecule has 0 bridgehead atoms. The van der Waals surface area contributed by atoms with E-state index in [1.165, 1.54) is 11.1 Å². The van der Waals surface area contributed by atoms with Gasteiger partial charge < -0.3 is 5.32 Å². The average Bonchev–Trinajstić information content (AvgIpc) is 2.75. The van der Waals surface area contributed by atoms with E-state index in [0.717, 1.165) is 5.56 Å². The van der Waals surface area contributed by atoms with Crippen molar-refractivity contribution in [2.75, 3.05) is 7.05 Å². The quantitative estimate of drug-likeness (QED) is 0.851. The van der Waals surface area contributed by atoms with Gasteiger partial charge in [-0.1, -0.05) is 24.3 Å². The molecule has 0 aliphatic heterocycles. The maximum Gasteiger partial charge on any atom is 0.0568 e. The summed E-state index contributed by atoms with van der Waals surface area (Å²) in [5.41, 5.74) is 3.67. The van der Waals surface area contributed by atoms with Crippen molar-refractivity contribution >= 4 is 0 Å². The first-order chi connectivity index (χ1) is 7.70. The Morgan fingerprint density at radius 3 is 2.38 bits per heavy atom. The lowest BCUT2D eigenvalue weighted by Gasteiger charge is -2.10. The standard InChI is InChI=1S/C13H17N3/c1-10(14-2)11-4-6-12(7-5-11)13-8-15-16(3)9-13/h4-10,14H,1-3H3. The summed E-state index contributed by atoms with van der Waals surface area (Å²) in [6, 6.07) is 8.98. The number of aryl methyl sites for hydroxylation is 1. The summed E-state index contributed by atoms with van der Waals surface area (Å²) < 4.78 is 1.82. The number of rotatable bonds is 3. The van der Waals surface area contributed by atoms with Crippen LogP contribution in [0.3, 0.4) is 0 Å². The van der Waals surface area contributed by atoms with Crippen molar-refractivity contribution in [2.45, 2.75) is 13.0 Å². The van der Waals surface area contributed by atoms with Gasteiger partial charge in [0.15, 0.2) is 0 Å². The van der Waals surface area contributed by atoms with Gasteiger partial charge in [-0.15, -0.1) is 0 Å². The minimum absolute atomic E-state index is 0.392. The molecule has 2 rings (SSSR count). The molecule has 1 aromatic heterocycles. The SMILES string of the molecule is CNC(C)c1ccc(-c2cnn(C)c2)cc1. The molecule has 0 amide bonds. The Labute approximate surface area is 96.1 Å². The zero-order valence-corrected chi connectivity index (χ0v) is 9.94. The molecule has 1 unspecified atom stereocenters. The fourth-order valence-corrected chi connectivity index (χ4v) is 1.70. The Morgan fingerprint density at radius 2 is 1.88 bits per heavy atom. The maximum absolute atomic E-state index is 4.17. The van der Waals surface area contributed by atoms with E-state index in [-0.39, 0.29) is 0 Å². The second kappa shape index (κ2) is 4.49. The van der Waals surface area contributed by atoms with Crippen LogP contribution in [0, 0.1) is 0 Å². The molecule has 16 heavy (non-hydrogen) atoms. The third-order valence-electron chi connectivity index (χ3n) is 2.88. The molecular weight excluding hydrogens is 198 g/mol. The van der Waals surface area contributed by atoms with Gasteiger partial charge in [-0.2, -0.15) is 5.10 Å². The molecular formula is C13H17N3. The largest absolute Gasteiger partial charge is 0.313 e. The third kappa shape index (κ3) is 2.14. The van der Waals surface area contributed by atoms with Crippen LogP contribution in [0.5, 0.6) is 0 Å². The monoisotopic (exact) mass is 215 g/mol. The summed E-state index contributed by atoms with van der Waals surface area (Å²) in [6.45, 7) is 2.15. The molecule has 0 saturated heterocycles. The first-order valence-corrected chi connectivity index (χ1v) is 5.47. The van der Waals surface area contributed by atoms with Gasteiger partial charge >= 0.3 is 0 Å². The van der Waals surface area contributed by atoms with E-state index in [9.17, 15) is 0 Å². The van der Waals surface area contributed by atoms with E-state index in [1.54, 1.807) is 0 Å². The molecule has 0 fully saturated rings. The Morgan fingerprint density at radius 1 is 1.19 bits per heavy atom. The van der Waals surface area contributed by atoms with E-state index in [2.05, 4.69) is 41.6 Å². The second-order valence-corrected chi connectivity index (χ2v) is 4.04. The van der Waals surface area contributed by atoms with Crippen molar-refractivity contribution in [3.05, 3.63) is 42.2 Å². The molecule has 2 aromatic rings. The van der Waals surface area contributed by atoms with Gasteiger partial charge in [0.05, 0.1) is 6.20 Å². The van der Waals surface area contributed by atoms with E-state index in [4.69, 9.17) is 0 Å². The van der Waals surface area contributed by atoms with Crippen LogP contribution in [-0.4, -0.2) is 16.8 Å². The van der Waals surface area contributed by atoms with Gasteiger partial charge in [-0.05, 0) is 25.1 Å². The van der Waals surface area contributed by atoms with Crippen LogP contribution in [0.4, 0.5) is 0 Å². The smallest absolute Gasteiger partial charge is 0.0568 e. The first-order valence-electron chi connectivity index (χ1n) is 5.47. The Hall–Kier alpha value is -1.61. The molecule has 0 aliphatic rings. The molecule has 0 spiro atoms. The molecule has 0 saturated carbocycles. The number of nitrogens with one attached hydrogen (secondary N) is 1. The van der Waals surface area contributed by atoms with Gasteiger partial charge in [0, 0.05) is 24.8 Å². The van der Waals surface area contributed by atoms with Crippen molar-refractivity contribution in [1.82, 2.24) is 15.1 Å². The minimum Gasteiger partial charge on any atom is -0.313 e. The highest BCUT2D eigenvalue weighted by atomic mass is 15.2. The lowest BCUT2D eigenvalue weighted by atomic mass is 10.0. The van der Waals surface area contributed by atoms with Crippen molar-refractivity contribution in [1.29, 1.82) is 0 Å². The highest BCUT2D eigenvalue weighted by Gasteiger charge is 2.03. The van der Waals surface area contributed by atoms with Crippen molar-refractivity contribution in [3.8, 4) is 11.1 Å². The summed E-state index contributed by atoms with van der Waals surface area (Å²) in [4.78, 5) is 0.